The van der Waals surface area contributed by atoms with Crippen molar-refractivity contribution in [3.8, 4) is 0 Å². The lowest BCUT2D eigenvalue weighted by atomic mass is 9.87. The molecule has 3 atom stereocenters. The van der Waals surface area contributed by atoms with Crippen LogP contribution in [0.2, 0.25) is 10.0 Å². The lowest BCUT2D eigenvalue weighted by Crippen LogP contribution is -2.44. The Labute approximate surface area is 294 Å². The Morgan fingerprint density at radius 1 is 0.980 bits per heavy atom. The number of benzene rings is 2. The van der Waals surface area contributed by atoms with Crippen molar-refractivity contribution in [2.45, 2.75) is 89.4 Å². The molecule has 13 heteroatoms. The van der Waals surface area contributed by atoms with E-state index in [9.17, 15) is 31.1 Å². The van der Waals surface area contributed by atoms with Crippen LogP contribution in [0.3, 0.4) is 0 Å². The van der Waals surface area contributed by atoms with E-state index in [-0.39, 0.29) is 30.4 Å². The van der Waals surface area contributed by atoms with Crippen molar-refractivity contribution in [3.05, 3.63) is 68.7 Å². The molecule has 4 rings (SSSR count). The van der Waals surface area contributed by atoms with E-state index >= 15 is 0 Å². The molecule has 0 spiro atoms. The van der Waals surface area contributed by atoms with Crippen LogP contribution in [0.25, 0.3) is 0 Å². The molecule has 2 aromatic rings. The number of amides is 1. The van der Waals surface area contributed by atoms with Gasteiger partial charge in [0.2, 0.25) is 5.91 Å². The molecule has 0 aromatic heterocycles. The van der Waals surface area contributed by atoms with Gasteiger partial charge in [0.05, 0.1) is 26.9 Å². The van der Waals surface area contributed by atoms with E-state index in [0.29, 0.717) is 47.1 Å². The molecule has 1 aliphatic carbocycles. The van der Waals surface area contributed by atoms with E-state index in [2.05, 4.69) is 22.3 Å². The molecule has 3 unspecified atom stereocenters. The van der Waals surface area contributed by atoms with Crippen LogP contribution in [0.1, 0.15) is 92.9 Å². The minimum absolute atomic E-state index is 0.0425. The van der Waals surface area contributed by atoms with Gasteiger partial charge in [-0.25, -0.2) is 0 Å². The Hall–Kier alpha value is -2.50. The maximum atomic E-state index is 13.5. The summed E-state index contributed by atoms with van der Waals surface area (Å²) >= 11 is 12.5. The first-order valence-electron chi connectivity index (χ1n) is 17.0. The normalized spacial score (nSPS) is 18.9. The Kier molecular flexibility index (Phi) is 14.1. The number of rotatable bonds is 17. The highest BCUT2D eigenvalue weighted by atomic mass is 35.5. The number of carbonyl (C=O) groups excluding carboxylic acids is 1. The fraction of sp³-hybridized carbons (Fsp3) is 0.611. The van der Waals surface area contributed by atoms with Gasteiger partial charge in [-0.05, 0) is 111 Å². The van der Waals surface area contributed by atoms with Gasteiger partial charge in [-0.15, -0.1) is 0 Å². The van der Waals surface area contributed by atoms with Crippen molar-refractivity contribution in [2.75, 3.05) is 33.3 Å². The molecule has 2 fully saturated rings. The number of nitrogens with zero attached hydrogens (tertiary/aromatic N) is 2. The molecule has 2 aromatic carbocycles. The highest BCUT2D eigenvalue weighted by Gasteiger charge is 2.37. The molecule has 272 valence electrons. The maximum Gasteiger partial charge on any atom is 0.416 e. The van der Waals surface area contributed by atoms with Crippen molar-refractivity contribution in [1.29, 1.82) is 0 Å². The quantitative estimate of drug-likeness (QED) is 0.0762. The third-order valence-corrected chi connectivity index (χ3v) is 10.4. The summed E-state index contributed by atoms with van der Waals surface area (Å²) in [5.41, 5.74) is -1.65. The Bertz CT molecular complexity index is 1400. The van der Waals surface area contributed by atoms with E-state index in [1.807, 2.05) is 0 Å². The average molecular weight is 737 g/mol. The number of oxime groups is 1. The first-order chi connectivity index (χ1) is 23.2. The summed E-state index contributed by atoms with van der Waals surface area (Å²) in [5, 5.41) is 8.31. The molecule has 1 heterocycles. The number of piperidine rings is 1. The van der Waals surface area contributed by atoms with Gasteiger partial charge in [-0.1, -0.05) is 60.6 Å². The Balaban J connectivity index is 1.41. The zero-order valence-electron chi connectivity index (χ0n) is 27.9. The number of halogens is 8. The van der Waals surface area contributed by atoms with Gasteiger partial charge in [0.25, 0.3) is 0 Å². The largest absolute Gasteiger partial charge is 0.416 e. The molecule has 2 aliphatic rings. The van der Waals surface area contributed by atoms with E-state index < -0.39 is 29.4 Å². The number of nitrogens with one attached hydrogen (secondary N) is 1. The molecule has 0 radical (unpaired) electrons. The van der Waals surface area contributed by atoms with E-state index in [1.165, 1.54) is 20.0 Å². The number of hydrogen-bond acceptors (Lipinski definition) is 4. The van der Waals surface area contributed by atoms with E-state index in [1.54, 1.807) is 18.2 Å². The predicted molar refractivity (Wildman–Crippen MR) is 181 cm³/mol. The summed E-state index contributed by atoms with van der Waals surface area (Å²) in [5.74, 6) is 1.13. The van der Waals surface area contributed by atoms with Gasteiger partial charge < -0.3 is 15.1 Å². The Morgan fingerprint density at radius 3 is 2.24 bits per heavy atom. The van der Waals surface area contributed by atoms with Crippen molar-refractivity contribution in [3.63, 3.8) is 0 Å². The molecule has 0 bridgehead atoms. The molecular weight excluding hydrogens is 691 g/mol. The minimum atomic E-state index is -4.94. The predicted octanol–water partition coefficient (Wildman–Crippen LogP) is 10.2. The minimum Gasteiger partial charge on any atom is -0.399 e. The fourth-order valence-electron chi connectivity index (χ4n) is 6.68. The van der Waals surface area contributed by atoms with Crippen molar-refractivity contribution in [2.24, 2.45) is 22.9 Å². The van der Waals surface area contributed by atoms with Gasteiger partial charge in [-0.2, -0.15) is 26.3 Å². The summed E-state index contributed by atoms with van der Waals surface area (Å²) in [6, 6.07) is 6.70. The van der Waals surface area contributed by atoms with Gasteiger partial charge in [0.15, 0.2) is 0 Å². The molecule has 5 nitrogen and oxygen atoms in total. The second-order valence-corrected chi connectivity index (χ2v) is 14.1. The van der Waals surface area contributed by atoms with Crippen LogP contribution >= 0.6 is 23.2 Å². The maximum absolute atomic E-state index is 13.5. The van der Waals surface area contributed by atoms with Gasteiger partial charge in [-0.3, -0.25) is 4.79 Å². The number of alkyl halides is 6. The van der Waals surface area contributed by atoms with Crippen molar-refractivity contribution in [1.82, 2.24) is 10.2 Å². The number of hydrogen-bond donors (Lipinski definition) is 1. The zero-order chi connectivity index (χ0) is 35.8. The first-order valence-corrected chi connectivity index (χ1v) is 17.8. The van der Waals surface area contributed by atoms with Crippen LogP contribution in [0, 0.1) is 17.8 Å². The Morgan fingerprint density at radius 2 is 1.65 bits per heavy atom. The van der Waals surface area contributed by atoms with Crippen LogP contribution in [0.15, 0.2) is 41.6 Å². The summed E-state index contributed by atoms with van der Waals surface area (Å²) in [6.45, 7) is 4.95. The van der Waals surface area contributed by atoms with Crippen LogP contribution < -0.4 is 5.32 Å². The van der Waals surface area contributed by atoms with Crippen LogP contribution in [-0.2, 0) is 28.4 Å². The molecule has 1 N–H and O–H groups in total. The van der Waals surface area contributed by atoms with E-state index in [4.69, 9.17) is 28.0 Å². The lowest BCUT2D eigenvalue weighted by molar-refractivity contribution is -0.143. The summed E-state index contributed by atoms with van der Waals surface area (Å²) in [7, 11) is 1.34. The molecule has 49 heavy (non-hydrogen) atoms. The average Bonchev–Trinajstić information content (AvgIpc) is 3.87. The standard InChI is InChI=1S/C36H45Cl2F6N3O2/c1-3-23(22-47-16-4-5-27(34(47)48)17-24-6-7-24)12-14-45-15-13-30(26-9-10-31(37)32(38)20-26)33(46-49-2)11-8-25-18-28(35(39,40)41)21-29(19-25)36(42,43)44/h9-10,18-21,23-24,27,30,45H,3-8,11-17,22H2,1-2H3/b46-33+. The summed E-state index contributed by atoms with van der Waals surface area (Å²) in [4.78, 5) is 20.3. The van der Waals surface area contributed by atoms with Crippen LogP contribution in [0.5, 0.6) is 0 Å². The molecule has 1 amide bonds. The third-order valence-electron chi connectivity index (χ3n) is 9.63. The van der Waals surface area contributed by atoms with Gasteiger partial charge in [0, 0.05) is 24.9 Å². The zero-order valence-corrected chi connectivity index (χ0v) is 29.4. The summed E-state index contributed by atoms with van der Waals surface area (Å²) < 4.78 is 80.9. The monoisotopic (exact) mass is 735 g/mol. The van der Waals surface area contributed by atoms with Crippen molar-refractivity contribution >= 4 is 34.8 Å². The van der Waals surface area contributed by atoms with Gasteiger partial charge in [0.1, 0.15) is 7.11 Å². The number of aryl methyl sites for hydroxylation is 1. The van der Waals surface area contributed by atoms with Crippen molar-refractivity contribution < 1.29 is 36.0 Å². The van der Waals surface area contributed by atoms with Crippen LogP contribution in [-0.4, -0.2) is 49.8 Å². The van der Waals surface area contributed by atoms with Crippen LogP contribution in [0.4, 0.5) is 26.3 Å². The highest BCUT2D eigenvalue weighted by molar-refractivity contribution is 6.42. The third kappa shape index (κ3) is 11.8. The number of carbonyl (C=O) groups is 1. The van der Waals surface area contributed by atoms with E-state index in [0.717, 1.165) is 68.8 Å². The second kappa shape index (κ2) is 17.6. The summed E-state index contributed by atoms with van der Waals surface area (Å²) in [6.07, 6.45) is -2.08. The van der Waals surface area contributed by atoms with Gasteiger partial charge >= 0.3 is 12.4 Å². The smallest absolute Gasteiger partial charge is 0.399 e. The molecule has 1 aliphatic heterocycles. The lowest BCUT2D eigenvalue weighted by Gasteiger charge is -2.35. The SMILES string of the molecule is CCC(CCNCCC(/C(CCc1cc(C(F)(F)F)cc(C(F)(F)F)c1)=N/OC)c1ccc(Cl)c(Cl)c1)CN1CCCC(CC2CC2)C1=O. The molecule has 1 saturated heterocycles. The topological polar surface area (TPSA) is 53.9 Å². The number of likely N-dealkylation sites (tertiary alicyclic amines) is 1. The second-order valence-electron chi connectivity index (χ2n) is 13.3. The first kappa shape index (κ1) is 39.3. The fourth-order valence-corrected chi connectivity index (χ4v) is 6.99. The molecular formula is C36H45Cl2F6N3O2. The molecule has 1 saturated carbocycles. The highest BCUT2D eigenvalue weighted by Crippen LogP contribution is 2.39.